The van der Waals surface area contributed by atoms with E-state index in [0.717, 1.165) is 0 Å². The fourth-order valence-electron chi connectivity index (χ4n) is 1.70. The molecule has 0 aliphatic rings. The highest BCUT2D eigenvalue weighted by molar-refractivity contribution is 7.99. The Labute approximate surface area is 136 Å². The quantitative estimate of drug-likeness (QED) is 0.0639. The second-order valence-corrected chi connectivity index (χ2v) is 5.44. The Balaban J connectivity index is 2.57. The van der Waals surface area contributed by atoms with Gasteiger partial charge in [-0.05, 0) is 19.0 Å². The number of nitrogens with zero attached hydrogens (tertiary/aromatic N) is 2. The number of nitrogens with one attached hydrogen (secondary N) is 3. The van der Waals surface area contributed by atoms with Crippen LogP contribution < -0.4 is 11.1 Å². The first-order valence-electron chi connectivity index (χ1n) is 6.50. The van der Waals surface area contributed by atoms with Crippen molar-refractivity contribution >= 4 is 35.8 Å². The molecule has 1 rings (SSSR count). The lowest BCUT2D eigenvalue weighted by atomic mass is 10.2. The zero-order valence-electron chi connectivity index (χ0n) is 12.2. The number of aromatic nitrogens is 2. The number of carboxylic acids is 1. The summed E-state index contributed by atoms with van der Waals surface area (Å²) in [5, 5.41) is 28.9. The lowest BCUT2D eigenvalue weighted by Crippen LogP contribution is -2.38. The van der Waals surface area contributed by atoms with Crippen LogP contribution in [0.5, 0.6) is 0 Å². The highest BCUT2D eigenvalue weighted by Gasteiger charge is 2.23. The van der Waals surface area contributed by atoms with Crippen LogP contribution in [0.15, 0.2) is 17.9 Å². The summed E-state index contributed by atoms with van der Waals surface area (Å²) in [6, 6.07) is -1.28. The first-order chi connectivity index (χ1) is 10.9. The third-order valence-electron chi connectivity index (χ3n) is 2.76. The zero-order valence-corrected chi connectivity index (χ0v) is 13.0. The molecular formula is C12H18N6O4S. The summed E-state index contributed by atoms with van der Waals surface area (Å²) in [6.07, 6.45) is 1.98. The van der Waals surface area contributed by atoms with Gasteiger partial charge >= 0.3 is 5.97 Å². The van der Waals surface area contributed by atoms with Crippen molar-refractivity contribution in [1.82, 2.24) is 15.0 Å². The summed E-state index contributed by atoms with van der Waals surface area (Å²) in [7, 11) is 0. The molecule has 0 fully saturated rings. The standard InChI is InChI=1S/C12H18N6O4S/c1-2-15-10-8(9(13)14)16-12(17-10)23-5-3-4-7(11(20)21)18(22)6-19/h2,6-7,15,22H,1,3-5H2,(H3,13,14)(H,16,17)(H,20,21)/t7-/m0/s1. The minimum absolute atomic E-state index is 0.0603. The molecule has 1 atom stereocenters. The summed E-state index contributed by atoms with van der Waals surface area (Å²) in [4.78, 5) is 28.4. The lowest BCUT2D eigenvalue weighted by Gasteiger charge is -2.17. The number of hydrogen-bond donors (Lipinski definition) is 6. The average molecular weight is 342 g/mol. The summed E-state index contributed by atoms with van der Waals surface area (Å²) >= 11 is 1.30. The van der Waals surface area contributed by atoms with Crippen molar-refractivity contribution in [3.05, 3.63) is 18.5 Å². The molecule has 0 aromatic carbocycles. The Morgan fingerprint density at radius 1 is 1.65 bits per heavy atom. The number of aliphatic carboxylic acids is 1. The van der Waals surface area contributed by atoms with E-state index in [1.165, 1.54) is 18.0 Å². The van der Waals surface area contributed by atoms with Crippen molar-refractivity contribution in [2.45, 2.75) is 24.0 Å². The van der Waals surface area contributed by atoms with E-state index in [2.05, 4.69) is 21.9 Å². The maximum atomic E-state index is 10.9. The van der Waals surface area contributed by atoms with E-state index in [9.17, 15) is 9.59 Å². The molecule has 0 radical (unpaired) electrons. The molecule has 0 saturated carbocycles. The predicted octanol–water partition coefficient (Wildman–Crippen LogP) is 0.422. The number of H-pyrrole nitrogens is 1. The number of aromatic amines is 1. The number of hydrogen-bond acceptors (Lipinski definition) is 7. The molecule has 10 nitrogen and oxygen atoms in total. The van der Waals surface area contributed by atoms with E-state index in [4.69, 9.17) is 21.5 Å². The Morgan fingerprint density at radius 2 is 2.35 bits per heavy atom. The Kier molecular flexibility index (Phi) is 7.09. The van der Waals surface area contributed by atoms with Gasteiger partial charge in [0.05, 0.1) is 0 Å². The van der Waals surface area contributed by atoms with Crippen molar-refractivity contribution in [3.63, 3.8) is 0 Å². The zero-order chi connectivity index (χ0) is 17.4. The van der Waals surface area contributed by atoms with Gasteiger partial charge in [-0.25, -0.2) is 14.8 Å². The number of carbonyl (C=O) groups is 2. The number of hydroxylamine groups is 2. The second kappa shape index (κ2) is 8.80. The maximum absolute atomic E-state index is 10.9. The summed E-state index contributed by atoms with van der Waals surface area (Å²) < 4.78 is 0. The number of amides is 1. The van der Waals surface area contributed by atoms with E-state index >= 15 is 0 Å². The number of carboxylic acid groups (broad SMARTS) is 1. The van der Waals surface area contributed by atoms with Gasteiger partial charge in [-0.2, -0.15) is 0 Å². The average Bonchev–Trinajstić information content (AvgIpc) is 2.89. The van der Waals surface area contributed by atoms with Gasteiger partial charge in [0, 0.05) is 5.75 Å². The third kappa shape index (κ3) is 5.30. The van der Waals surface area contributed by atoms with Crippen molar-refractivity contribution < 1.29 is 19.9 Å². The Hall–Kier alpha value is -2.53. The van der Waals surface area contributed by atoms with E-state index in [1.54, 1.807) is 0 Å². The summed E-state index contributed by atoms with van der Waals surface area (Å²) in [5.74, 6) is -0.587. The lowest BCUT2D eigenvalue weighted by molar-refractivity contribution is -0.175. The van der Waals surface area contributed by atoms with Crippen LogP contribution in [0.1, 0.15) is 18.5 Å². The summed E-state index contributed by atoms with van der Waals surface area (Å²) in [6.45, 7) is 3.51. The van der Waals surface area contributed by atoms with Gasteiger partial charge in [-0.3, -0.25) is 15.4 Å². The van der Waals surface area contributed by atoms with Gasteiger partial charge in [0.15, 0.2) is 17.0 Å². The van der Waals surface area contributed by atoms with E-state index in [0.29, 0.717) is 28.8 Å². The summed E-state index contributed by atoms with van der Waals surface area (Å²) in [5.41, 5.74) is 5.76. The van der Waals surface area contributed by atoms with Gasteiger partial charge in [-0.1, -0.05) is 18.3 Å². The number of anilines is 1. The van der Waals surface area contributed by atoms with E-state index in [1.807, 2.05) is 0 Å². The molecule has 0 aliphatic heterocycles. The van der Waals surface area contributed by atoms with Gasteiger partial charge in [0.25, 0.3) is 0 Å². The van der Waals surface area contributed by atoms with Crippen LogP contribution in [-0.2, 0) is 9.59 Å². The van der Waals surface area contributed by atoms with Crippen LogP contribution in [0.4, 0.5) is 5.82 Å². The van der Waals surface area contributed by atoms with Gasteiger partial charge in [0.2, 0.25) is 6.41 Å². The van der Waals surface area contributed by atoms with Gasteiger partial charge in [-0.15, -0.1) is 0 Å². The fourth-order valence-corrected chi connectivity index (χ4v) is 2.54. The number of nitrogens with two attached hydrogens (primary N) is 1. The van der Waals surface area contributed by atoms with E-state index < -0.39 is 12.0 Å². The molecule has 7 N–H and O–H groups in total. The molecular weight excluding hydrogens is 324 g/mol. The number of amidine groups is 1. The highest BCUT2D eigenvalue weighted by atomic mass is 32.2. The Morgan fingerprint density at radius 3 is 2.87 bits per heavy atom. The van der Waals surface area contributed by atoms with Crippen LogP contribution in [0.3, 0.4) is 0 Å². The van der Waals surface area contributed by atoms with Crippen LogP contribution in [0.2, 0.25) is 0 Å². The van der Waals surface area contributed by atoms with Crippen molar-refractivity contribution in [2.24, 2.45) is 5.73 Å². The minimum Gasteiger partial charge on any atom is -0.480 e. The molecule has 1 heterocycles. The third-order valence-corrected chi connectivity index (χ3v) is 3.72. The number of rotatable bonds is 11. The Bertz CT molecular complexity index is 590. The fraction of sp³-hybridized carbons (Fsp3) is 0.333. The van der Waals surface area contributed by atoms with Crippen LogP contribution in [-0.4, -0.2) is 55.4 Å². The molecule has 0 unspecified atom stereocenters. The minimum atomic E-state index is -1.28. The molecule has 11 heteroatoms. The molecule has 126 valence electrons. The largest absolute Gasteiger partial charge is 0.480 e. The van der Waals surface area contributed by atoms with Crippen molar-refractivity contribution in [2.75, 3.05) is 11.1 Å². The van der Waals surface area contributed by atoms with E-state index in [-0.39, 0.29) is 23.7 Å². The molecule has 23 heavy (non-hydrogen) atoms. The second-order valence-electron chi connectivity index (χ2n) is 4.36. The van der Waals surface area contributed by atoms with Crippen molar-refractivity contribution in [3.8, 4) is 0 Å². The molecule has 0 bridgehead atoms. The number of imidazole rings is 1. The van der Waals surface area contributed by atoms with Crippen LogP contribution >= 0.6 is 11.8 Å². The molecule has 1 amide bonds. The normalized spacial score (nSPS) is 11.5. The van der Waals surface area contributed by atoms with Crippen LogP contribution in [0.25, 0.3) is 0 Å². The maximum Gasteiger partial charge on any atom is 0.329 e. The first-order valence-corrected chi connectivity index (χ1v) is 7.49. The SMILES string of the molecule is C=CNc1nc(SCCC[C@@H](C(=O)O)N(O)C=O)[nH]c1C(=N)N. The molecule has 1 aromatic heterocycles. The van der Waals surface area contributed by atoms with Crippen LogP contribution in [0, 0.1) is 5.41 Å². The smallest absolute Gasteiger partial charge is 0.329 e. The van der Waals surface area contributed by atoms with Gasteiger partial charge in [0.1, 0.15) is 11.5 Å². The van der Waals surface area contributed by atoms with Crippen molar-refractivity contribution in [1.29, 1.82) is 5.41 Å². The predicted molar refractivity (Wildman–Crippen MR) is 84.5 cm³/mol. The molecule has 0 saturated heterocycles. The molecule has 0 spiro atoms. The number of thioether (sulfide) groups is 1. The number of carbonyl (C=O) groups excluding carboxylic acids is 1. The first kappa shape index (κ1) is 18.5. The van der Waals surface area contributed by atoms with Gasteiger partial charge < -0.3 is 21.1 Å². The molecule has 1 aromatic rings. The topological polar surface area (TPSA) is 168 Å². The molecule has 0 aliphatic carbocycles. The number of nitrogen functional groups attached to an aromatic ring is 1. The highest BCUT2D eigenvalue weighted by Crippen LogP contribution is 2.22. The monoisotopic (exact) mass is 342 g/mol.